The van der Waals surface area contributed by atoms with Crippen LogP contribution in [0.2, 0.25) is 0 Å². The Morgan fingerprint density at radius 3 is 3.08 bits per heavy atom. The minimum Gasteiger partial charge on any atom is -0.376 e. The van der Waals surface area contributed by atoms with Crippen LogP contribution in [-0.2, 0) is 16.1 Å². The van der Waals surface area contributed by atoms with Crippen LogP contribution >= 0.6 is 11.8 Å². The fourth-order valence-corrected chi connectivity index (χ4v) is 3.49. The van der Waals surface area contributed by atoms with E-state index in [1.165, 1.54) is 30.0 Å². The molecule has 1 aromatic heterocycles. The van der Waals surface area contributed by atoms with Crippen molar-refractivity contribution in [1.82, 2.24) is 14.8 Å². The van der Waals surface area contributed by atoms with E-state index in [9.17, 15) is 14.9 Å². The van der Waals surface area contributed by atoms with Crippen LogP contribution in [0, 0.1) is 17.0 Å². The number of nitrogens with one attached hydrogen (secondary N) is 1. The second kappa shape index (κ2) is 8.28. The van der Waals surface area contributed by atoms with E-state index in [-0.39, 0.29) is 23.5 Å². The lowest BCUT2D eigenvalue weighted by molar-refractivity contribution is -0.384. The second-order valence-corrected chi connectivity index (χ2v) is 6.86. The first-order valence-corrected chi connectivity index (χ1v) is 9.20. The second-order valence-electron chi connectivity index (χ2n) is 5.92. The number of ether oxygens (including phenoxy) is 1. The molecule has 0 spiro atoms. The van der Waals surface area contributed by atoms with Crippen molar-refractivity contribution in [3.8, 4) is 0 Å². The summed E-state index contributed by atoms with van der Waals surface area (Å²) in [7, 11) is 0. The molecule has 138 valence electrons. The van der Waals surface area contributed by atoms with Gasteiger partial charge in [0, 0.05) is 24.4 Å². The molecule has 0 saturated carbocycles. The number of non-ortho nitro benzene ring substituents is 1. The highest BCUT2D eigenvalue weighted by Crippen LogP contribution is 2.22. The molecule has 0 bridgehead atoms. The molecule has 9 nitrogen and oxygen atoms in total. The average molecular weight is 377 g/mol. The first-order chi connectivity index (χ1) is 12.5. The van der Waals surface area contributed by atoms with Crippen molar-refractivity contribution in [3.05, 3.63) is 40.2 Å². The summed E-state index contributed by atoms with van der Waals surface area (Å²) in [6.07, 6.45) is 2.22. The van der Waals surface area contributed by atoms with Crippen LogP contribution < -0.4 is 5.32 Å². The molecule has 1 atom stereocenters. The minimum atomic E-state index is -0.499. The molecular weight excluding hydrogens is 358 g/mol. The molecule has 1 aromatic carbocycles. The van der Waals surface area contributed by atoms with Gasteiger partial charge in [0.05, 0.1) is 23.3 Å². The molecule has 26 heavy (non-hydrogen) atoms. The van der Waals surface area contributed by atoms with Crippen molar-refractivity contribution >= 4 is 29.0 Å². The molecule has 1 fully saturated rings. The fourth-order valence-electron chi connectivity index (χ4n) is 2.69. The van der Waals surface area contributed by atoms with Gasteiger partial charge in [-0.15, -0.1) is 10.2 Å². The molecule has 0 radical (unpaired) electrons. The van der Waals surface area contributed by atoms with Crippen LogP contribution in [-0.4, -0.2) is 44.1 Å². The smallest absolute Gasteiger partial charge is 0.271 e. The Balaban J connectivity index is 1.58. The van der Waals surface area contributed by atoms with E-state index in [4.69, 9.17) is 4.74 Å². The highest BCUT2D eigenvalue weighted by molar-refractivity contribution is 7.99. The normalized spacial score (nSPS) is 16.6. The number of hydrogen-bond donors (Lipinski definition) is 1. The largest absolute Gasteiger partial charge is 0.376 e. The number of aromatic nitrogens is 3. The van der Waals surface area contributed by atoms with Crippen molar-refractivity contribution in [2.24, 2.45) is 0 Å². The number of carbonyl (C=O) groups is 1. The summed E-state index contributed by atoms with van der Waals surface area (Å²) >= 11 is 1.28. The third kappa shape index (κ3) is 4.58. The predicted octanol–water partition coefficient (Wildman–Crippen LogP) is 2.40. The van der Waals surface area contributed by atoms with E-state index in [0.29, 0.717) is 17.4 Å². The molecule has 2 heterocycles. The molecular formula is C16H19N5O4S. The van der Waals surface area contributed by atoms with Gasteiger partial charge in [0.15, 0.2) is 5.16 Å². The number of nitro benzene ring substituents is 1. The van der Waals surface area contributed by atoms with Crippen LogP contribution in [0.25, 0.3) is 0 Å². The number of nitrogens with zero attached hydrogens (tertiary/aromatic N) is 4. The van der Waals surface area contributed by atoms with E-state index in [1.807, 2.05) is 11.5 Å². The molecule has 0 unspecified atom stereocenters. The van der Waals surface area contributed by atoms with Crippen molar-refractivity contribution in [2.45, 2.75) is 37.6 Å². The lowest BCUT2D eigenvalue weighted by atomic mass is 10.2. The van der Waals surface area contributed by atoms with Crippen LogP contribution in [0.3, 0.4) is 0 Å². The maximum absolute atomic E-state index is 12.1. The topological polar surface area (TPSA) is 112 Å². The van der Waals surface area contributed by atoms with Gasteiger partial charge in [-0.1, -0.05) is 17.8 Å². The van der Waals surface area contributed by atoms with E-state index in [2.05, 4.69) is 15.5 Å². The first-order valence-electron chi connectivity index (χ1n) is 8.21. The summed E-state index contributed by atoms with van der Waals surface area (Å²) in [6, 6.07) is 5.84. The van der Waals surface area contributed by atoms with Crippen molar-refractivity contribution in [1.29, 1.82) is 0 Å². The Morgan fingerprint density at radius 2 is 2.35 bits per heavy atom. The van der Waals surface area contributed by atoms with Gasteiger partial charge in [-0.05, 0) is 25.8 Å². The SMILES string of the molecule is Cc1nnc(SCC(=O)Nc2cccc([N+](=O)[O-])c2)n1C[C@H]1CCCO1. The number of amides is 1. The Kier molecular flexibility index (Phi) is 5.84. The number of benzene rings is 1. The van der Waals surface area contributed by atoms with Gasteiger partial charge < -0.3 is 14.6 Å². The van der Waals surface area contributed by atoms with Crippen molar-refractivity contribution in [2.75, 3.05) is 17.7 Å². The van der Waals surface area contributed by atoms with E-state index in [0.717, 1.165) is 25.3 Å². The summed E-state index contributed by atoms with van der Waals surface area (Å²) in [5.41, 5.74) is 0.323. The van der Waals surface area contributed by atoms with Gasteiger partial charge in [0.2, 0.25) is 5.91 Å². The van der Waals surface area contributed by atoms with Crippen molar-refractivity contribution in [3.63, 3.8) is 0 Å². The summed E-state index contributed by atoms with van der Waals surface area (Å²) in [4.78, 5) is 22.4. The summed E-state index contributed by atoms with van der Waals surface area (Å²) in [6.45, 7) is 3.32. The van der Waals surface area contributed by atoms with Crippen LogP contribution in [0.15, 0.2) is 29.4 Å². The van der Waals surface area contributed by atoms with Gasteiger partial charge >= 0.3 is 0 Å². The number of nitro groups is 1. The molecule has 1 aliphatic rings. The average Bonchev–Trinajstić information content (AvgIpc) is 3.25. The number of hydrogen-bond acceptors (Lipinski definition) is 7. The van der Waals surface area contributed by atoms with Crippen molar-refractivity contribution < 1.29 is 14.5 Å². The highest BCUT2D eigenvalue weighted by Gasteiger charge is 2.20. The fraction of sp³-hybridized carbons (Fsp3) is 0.438. The van der Waals surface area contributed by atoms with Crippen LogP contribution in [0.4, 0.5) is 11.4 Å². The van der Waals surface area contributed by atoms with Gasteiger partial charge in [0.25, 0.3) is 5.69 Å². The molecule has 1 N–H and O–H groups in total. The Hall–Kier alpha value is -2.46. The van der Waals surface area contributed by atoms with Crippen LogP contribution in [0.1, 0.15) is 18.7 Å². The summed E-state index contributed by atoms with van der Waals surface area (Å²) in [5, 5.41) is 22.3. The van der Waals surface area contributed by atoms with Gasteiger partial charge in [-0.2, -0.15) is 0 Å². The number of rotatable bonds is 7. The third-order valence-corrected chi connectivity index (χ3v) is 4.95. The summed E-state index contributed by atoms with van der Waals surface area (Å²) in [5.74, 6) is 0.647. The molecule has 1 saturated heterocycles. The quantitative estimate of drug-likeness (QED) is 0.448. The number of anilines is 1. The predicted molar refractivity (Wildman–Crippen MR) is 96.2 cm³/mol. The lowest BCUT2D eigenvalue weighted by Crippen LogP contribution is -2.18. The molecule has 3 rings (SSSR count). The zero-order valence-corrected chi connectivity index (χ0v) is 15.1. The third-order valence-electron chi connectivity index (χ3n) is 3.99. The zero-order valence-electron chi connectivity index (χ0n) is 14.3. The molecule has 1 aliphatic heterocycles. The van der Waals surface area contributed by atoms with Gasteiger partial charge in [-0.25, -0.2) is 0 Å². The van der Waals surface area contributed by atoms with Gasteiger partial charge in [0.1, 0.15) is 5.82 Å². The van der Waals surface area contributed by atoms with Crippen LogP contribution in [0.5, 0.6) is 0 Å². The Labute approximate surface area is 154 Å². The molecule has 0 aliphatic carbocycles. The number of thioether (sulfide) groups is 1. The van der Waals surface area contributed by atoms with E-state index in [1.54, 1.807) is 6.07 Å². The lowest BCUT2D eigenvalue weighted by Gasteiger charge is -2.13. The van der Waals surface area contributed by atoms with E-state index >= 15 is 0 Å². The highest BCUT2D eigenvalue weighted by atomic mass is 32.2. The molecule has 1 amide bonds. The molecule has 2 aromatic rings. The summed E-state index contributed by atoms with van der Waals surface area (Å²) < 4.78 is 7.61. The zero-order chi connectivity index (χ0) is 18.5. The van der Waals surface area contributed by atoms with Gasteiger partial charge in [-0.3, -0.25) is 14.9 Å². The number of aryl methyl sites for hydroxylation is 1. The van der Waals surface area contributed by atoms with E-state index < -0.39 is 4.92 Å². The standard InChI is InChI=1S/C16H19N5O4S/c1-11-18-19-16(20(11)9-14-6-3-7-25-14)26-10-15(22)17-12-4-2-5-13(8-12)21(23)24/h2,4-5,8,14H,3,6-7,9-10H2,1H3,(H,17,22)/t14-/m1/s1. The monoisotopic (exact) mass is 377 g/mol. The minimum absolute atomic E-state index is 0.0672. The Bertz CT molecular complexity index is 804. The number of carbonyl (C=O) groups excluding carboxylic acids is 1. The molecule has 10 heteroatoms. The maximum Gasteiger partial charge on any atom is 0.271 e. The maximum atomic E-state index is 12.1. The first kappa shape index (κ1) is 18.3. The Morgan fingerprint density at radius 1 is 1.50 bits per heavy atom.